The number of hydrogen-bond acceptors (Lipinski definition) is 2. The molecule has 0 amide bonds. The predicted octanol–water partition coefficient (Wildman–Crippen LogP) is 0.901. The monoisotopic (exact) mass is 107 g/mol. The minimum Gasteiger partial charge on any atom is -0.367 e. The summed E-state index contributed by atoms with van der Waals surface area (Å²) in [5.41, 5.74) is 0.456. The molecule has 1 aliphatic rings. The maximum Gasteiger partial charge on any atom is 0.0965 e. The molecule has 0 aliphatic carbocycles. The highest BCUT2D eigenvalue weighted by Crippen LogP contribution is 2.01. The Balaban J connectivity index is 2.73. The summed E-state index contributed by atoms with van der Waals surface area (Å²) in [6.45, 7) is 0. The third kappa shape index (κ3) is 0.881. The minimum atomic E-state index is -0.476. The molecule has 8 heavy (non-hydrogen) atoms. The van der Waals surface area contributed by atoms with Crippen LogP contribution in [0.15, 0.2) is 24.0 Å². The second kappa shape index (κ2) is 2.17. The quantitative estimate of drug-likeness (QED) is 0.499. The second-order valence-electron chi connectivity index (χ2n) is 1.40. The summed E-state index contributed by atoms with van der Waals surface area (Å²) in [5.74, 6) is 0. The van der Waals surface area contributed by atoms with Crippen LogP contribution in [0, 0.1) is 11.3 Å². The van der Waals surface area contributed by atoms with E-state index in [0.717, 1.165) is 0 Å². The van der Waals surface area contributed by atoms with Crippen molar-refractivity contribution in [1.82, 2.24) is 5.32 Å². The number of dihydropyridines is 1. The average Bonchev–Trinajstić information content (AvgIpc) is 1.89. The fourth-order valence-corrected chi connectivity index (χ4v) is 0.463. The zero-order valence-electron chi connectivity index (χ0n) is 5.26. The highest BCUT2D eigenvalue weighted by Gasteiger charge is 1.92. The minimum absolute atomic E-state index is 0.456. The van der Waals surface area contributed by atoms with Crippen molar-refractivity contribution >= 4 is 0 Å². The first-order chi connectivity index (χ1) is 4.34. The fraction of sp³-hybridized carbons (Fsp3) is 0.167. The second-order valence-corrected chi connectivity index (χ2v) is 1.40. The van der Waals surface area contributed by atoms with Gasteiger partial charge in [0.05, 0.1) is 6.07 Å². The number of allylic oxidation sites excluding steroid dienone is 2. The van der Waals surface area contributed by atoms with E-state index in [1.807, 2.05) is 6.07 Å². The van der Waals surface area contributed by atoms with Gasteiger partial charge in [0.15, 0.2) is 0 Å². The topological polar surface area (TPSA) is 35.8 Å². The van der Waals surface area contributed by atoms with Crippen LogP contribution in [0.2, 0.25) is 0 Å². The van der Waals surface area contributed by atoms with Crippen molar-refractivity contribution in [2.75, 3.05) is 0 Å². The highest BCUT2D eigenvalue weighted by molar-refractivity contribution is 5.25. The molecule has 0 saturated heterocycles. The molecule has 0 fully saturated rings. The van der Waals surface area contributed by atoms with Crippen molar-refractivity contribution in [3.8, 4) is 6.07 Å². The van der Waals surface area contributed by atoms with Crippen LogP contribution in [0.3, 0.4) is 0 Å². The lowest BCUT2D eigenvalue weighted by Gasteiger charge is -1.98. The number of rotatable bonds is 0. The highest BCUT2D eigenvalue weighted by atomic mass is 14.8. The Morgan fingerprint density at radius 2 is 2.88 bits per heavy atom. The Kier molecular flexibility index (Phi) is 1.01. The smallest absolute Gasteiger partial charge is 0.0965 e. The molecule has 0 aromatic rings. The molecule has 40 valence electrons. The molecule has 1 atom stereocenters. The standard InChI is InChI=1S/C6H6N2/c7-4-6-2-1-3-8-5-6/h1,3,5,8H,2H2/i2D/t2-/m1/s1. The molecule has 0 saturated carbocycles. The first-order valence-electron chi connectivity index (χ1n) is 2.87. The first kappa shape index (κ1) is 3.73. The summed E-state index contributed by atoms with van der Waals surface area (Å²) >= 11 is 0. The van der Waals surface area contributed by atoms with Crippen LogP contribution in [0.25, 0.3) is 0 Å². The Bertz CT molecular complexity index is 200. The molecule has 0 aromatic heterocycles. The van der Waals surface area contributed by atoms with Gasteiger partial charge in [-0.05, 0) is 6.20 Å². The number of nitriles is 1. The van der Waals surface area contributed by atoms with E-state index in [4.69, 9.17) is 6.63 Å². The van der Waals surface area contributed by atoms with Crippen LogP contribution >= 0.6 is 0 Å². The van der Waals surface area contributed by atoms with Crippen LogP contribution < -0.4 is 5.32 Å². The number of hydrogen-bond donors (Lipinski definition) is 1. The molecular formula is C6H6N2. The summed E-state index contributed by atoms with van der Waals surface area (Å²) in [7, 11) is 0. The van der Waals surface area contributed by atoms with E-state index in [-0.39, 0.29) is 0 Å². The molecule has 1 heterocycles. The van der Waals surface area contributed by atoms with Gasteiger partial charge in [0, 0.05) is 19.5 Å². The molecular weight excluding hydrogens is 100 g/mol. The average molecular weight is 107 g/mol. The van der Waals surface area contributed by atoms with Gasteiger partial charge in [-0.3, -0.25) is 0 Å². The van der Waals surface area contributed by atoms with Gasteiger partial charge in [0.25, 0.3) is 0 Å². The van der Waals surface area contributed by atoms with Crippen molar-refractivity contribution in [2.45, 2.75) is 6.40 Å². The largest absolute Gasteiger partial charge is 0.367 e. The SMILES string of the molecule is [2H][C@@H]1C=CNC=C1C#N. The lowest BCUT2D eigenvalue weighted by atomic mass is 10.2. The zero-order valence-corrected chi connectivity index (χ0v) is 4.26. The summed E-state index contributed by atoms with van der Waals surface area (Å²) in [6, 6.07) is 1.91. The summed E-state index contributed by atoms with van der Waals surface area (Å²) in [6.07, 6.45) is 4.34. The number of nitrogens with one attached hydrogen (secondary N) is 1. The molecule has 0 unspecified atom stereocenters. The molecule has 1 rings (SSSR count). The Morgan fingerprint density at radius 1 is 2.00 bits per heavy atom. The van der Waals surface area contributed by atoms with Gasteiger partial charge in [-0.1, -0.05) is 6.08 Å². The maximum absolute atomic E-state index is 8.35. The maximum atomic E-state index is 8.35. The van der Waals surface area contributed by atoms with Gasteiger partial charge in [-0.15, -0.1) is 0 Å². The van der Waals surface area contributed by atoms with Crippen LogP contribution in [0.5, 0.6) is 0 Å². The lowest BCUT2D eigenvalue weighted by Crippen LogP contribution is -1.98. The van der Waals surface area contributed by atoms with Gasteiger partial charge in [-0.2, -0.15) is 5.26 Å². The summed E-state index contributed by atoms with van der Waals surface area (Å²) in [4.78, 5) is 0. The van der Waals surface area contributed by atoms with Crippen molar-refractivity contribution in [3.63, 3.8) is 0 Å². The first-order valence-corrected chi connectivity index (χ1v) is 2.29. The van der Waals surface area contributed by atoms with Crippen molar-refractivity contribution in [2.24, 2.45) is 0 Å². The Hall–Kier alpha value is -1.23. The Labute approximate surface area is 49.5 Å². The molecule has 2 nitrogen and oxygen atoms in total. The van der Waals surface area contributed by atoms with E-state index in [0.29, 0.717) is 5.57 Å². The van der Waals surface area contributed by atoms with Crippen LogP contribution in [-0.4, -0.2) is 0 Å². The third-order valence-electron chi connectivity index (χ3n) is 0.836. The van der Waals surface area contributed by atoms with E-state index < -0.39 is 6.40 Å². The van der Waals surface area contributed by atoms with E-state index in [1.165, 1.54) is 6.20 Å². The van der Waals surface area contributed by atoms with Crippen molar-refractivity contribution < 1.29 is 1.37 Å². The van der Waals surface area contributed by atoms with E-state index in [9.17, 15) is 0 Å². The van der Waals surface area contributed by atoms with Crippen molar-refractivity contribution in [1.29, 1.82) is 5.26 Å². The lowest BCUT2D eigenvalue weighted by molar-refractivity contribution is 1.07. The Morgan fingerprint density at radius 3 is 3.38 bits per heavy atom. The van der Waals surface area contributed by atoms with Crippen LogP contribution in [-0.2, 0) is 0 Å². The summed E-state index contributed by atoms with van der Waals surface area (Å²) < 4.78 is 7.21. The fourth-order valence-electron chi connectivity index (χ4n) is 0.463. The molecule has 1 N–H and O–H groups in total. The van der Waals surface area contributed by atoms with E-state index in [1.54, 1.807) is 12.3 Å². The van der Waals surface area contributed by atoms with Crippen molar-refractivity contribution in [3.05, 3.63) is 24.0 Å². The van der Waals surface area contributed by atoms with Gasteiger partial charge in [-0.25, -0.2) is 0 Å². The van der Waals surface area contributed by atoms with Crippen LogP contribution in [0.4, 0.5) is 0 Å². The molecule has 0 spiro atoms. The zero-order chi connectivity index (χ0) is 6.69. The van der Waals surface area contributed by atoms with Gasteiger partial charge < -0.3 is 5.32 Å². The molecule has 1 aliphatic heterocycles. The summed E-state index contributed by atoms with van der Waals surface area (Å²) in [5, 5.41) is 11.1. The normalized spacial score (nSPS) is 27.1. The van der Waals surface area contributed by atoms with Gasteiger partial charge >= 0.3 is 0 Å². The molecule has 0 aromatic carbocycles. The molecule has 0 radical (unpaired) electrons. The molecule has 2 heteroatoms. The molecule has 0 bridgehead atoms. The van der Waals surface area contributed by atoms with Gasteiger partial charge in [0.1, 0.15) is 0 Å². The van der Waals surface area contributed by atoms with Crippen LogP contribution in [0.1, 0.15) is 7.77 Å². The predicted molar refractivity (Wildman–Crippen MR) is 30.6 cm³/mol. The van der Waals surface area contributed by atoms with E-state index >= 15 is 0 Å². The number of nitrogens with zero attached hydrogens (tertiary/aromatic N) is 1. The van der Waals surface area contributed by atoms with Gasteiger partial charge in [0.2, 0.25) is 0 Å². The third-order valence-corrected chi connectivity index (χ3v) is 0.836. The van der Waals surface area contributed by atoms with E-state index in [2.05, 4.69) is 5.32 Å².